The molecule has 0 unspecified atom stereocenters. The Hall–Kier alpha value is -1.80. The van der Waals surface area contributed by atoms with Gasteiger partial charge in [0.1, 0.15) is 5.75 Å². The number of hydrogen-bond acceptors (Lipinski definition) is 3. The monoisotopic (exact) mass is 319 g/mol. The minimum atomic E-state index is -4.31. The summed E-state index contributed by atoms with van der Waals surface area (Å²) >= 11 is 0. The Kier molecular flexibility index (Phi) is 4.11. The van der Waals surface area contributed by atoms with E-state index in [2.05, 4.69) is 0 Å². The minimum Gasteiger partial charge on any atom is -0.493 e. The van der Waals surface area contributed by atoms with Crippen molar-refractivity contribution in [2.24, 2.45) is 5.14 Å². The molecule has 0 radical (unpaired) electrons. The van der Waals surface area contributed by atoms with Crippen LogP contribution < -0.4 is 9.88 Å². The molecule has 2 rings (SSSR count). The van der Waals surface area contributed by atoms with E-state index in [1.54, 1.807) is 18.2 Å². The fourth-order valence-corrected chi connectivity index (χ4v) is 2.64. The molecule has 0 aliphatic rings. The third-order valence-electron chi connectivity index (χ3n) is 2.79. The van der Waals surface area contributed by atoms with Gasteiger partial charge in [0, 0.05) is 10.8 Å². The van der Waals surface area contributed by atoms with Crippen molar-refractivity contribution >= 4 is 20.8 Å². The summed E-state index contributed by atoms with van der Waals surface area (Å²) in [6.45, 7) is -0.539. The lowest BCUT2D eigenvalue weighted by Gasteiger charge is -2.12. The largest absolute Gasteiger partial charge is 0.493 e. The fraction of sp³-hybridized carbons (Fsp3) is 0.231. The first kappa shape index (κ1) is 15.6. The maximum Gasteiger partial charge on any atom is 0.392 e. The van der Waals surface area contributed by atoms with Gasteiger partial charge in [-0.15, -0.1) is 0 Å². The second-order valence-electron chi connectivity index (χ2n) is 4.37. The number of sulfonamides is 1. The number of hydrogen-bond donors (Lipinski definition) is 1. The van der Waals surface area contributed by atoms with Crippen LogP contribution in [0, 0.1) is 0 Å². The van der Waals surface area contributed by atoms with Crippen LogP contribution in [0.25, 0.3) is 10.8 Å². The van der Waals surface area contributed by atoms with E-state index in [9.17, 15) is 21.6 Å². The molecule has 0 fully saturated rings. The third-order valence-corrected chi connectivity index (χ3v) is 3.76. The van der Waals surface area contributed by atoms with Crippen molar-refractivity contribution in [3.8, 4) is 5.75 Å². The zero-order chi connectivity index (χ0) is 15.7. The van der Waals surface area contributed by atoms with Gasteiger partial charge in [-0.3, -0.25) is 0 Å². The summed E-state index contributed by atoms with van der Waals surface area (Å²) in [6, 6.07) is 8.85. The average Bonchev–Trinajstić information content (AvgIpc) is 2.36. The molecule has 2 N–H and O–H groups in total. The molecular weight excluding hydrogens is 307 g/mol. The van der Waals surface area contributed by atoms with E-state index in [4.69, 9.17) is 9.88 Å². The van der Waals surface area contributed by atoms with Crippen LogP contribution in [0.1, 0.15) is 6.42 Å². The highest BCUT2D eigenvalue weighted by Crippen LogP contribution is 2.31. The van der Waals surface area contributed by atoms with E-state index in [0.717, 1.165) is 0 Å². The summed E-state index contributed by atoms with van der Waals surface area (Å²) in [7, 11) is -3.93. The highest BCUT2D eigenvalue weighted by molar-refractivity contribution is 7.89. The topological polar surface area (TPSA) is 69.4 Å². The van der Waals surface area contributed by atoms with E-state index in [1.165, 1.54) is 18.2 Å². The van der Waals surface area contributed by atoms with Crippen LogP contribution in [0.3, 0.4) is 0 Å². The molecule has 0 spiro atoms. The lowest BCUT2D eigenvalue weighted by molar-refractivity contribution is -0.139. The maximum atomic E-state index is 12.1. The summed E-state index contributed by atoms with van der Waals surface area (Å²) in [4.78, 5) is -0.0960. The molecule has 0 bridgehead atoms. The molecule has 0 saturated heterocycles. The summed E-state index contributed by atoms with van der Waals surface area (Å²) in [5.74, 6) is 0.183. The molecule has 8 heteroatoms. The van der Waals surface area contributed by atoms with Crippen LogP contribution >= 0.6 is 0 Å². The molecule has 0 amide bonds. The molecule has 2 aromatic rings. The number of ether oxygens (including phenoxy) is 1. The predicted octanol–water partition coefficient (Wildman–Crippen LogP) is 2.82. The molecule has 0 aliphatic heterocycles. The molecule has 0 aromatic heterocycles. The summed E-state index contributed by atoms with van der Waals surface area (Å²) in [5.41, 5.74) is 0. The SMILES string of the molecule is NS(=O)(=O)c1ccc(OCCC(F)(F)F)c2ccccc12. The van der Waals surface area contributed by atoms with E-state index in [1.807, 2.05) is 0 Å². The zero-order valence-electron chi connectivity index (χ0n) is 10.7. The van der Waals surface area contributed by atoms with E-state index < -0.39 is 29.2 Å². The van der Waals surface area contributed by atoms with E-state index in [0.29, 0.717) is 10.8 Å². The van der Waals surface area contributed by atoms with Gasteiger partial charge >= 0.3 is 6.18 Å². The minimum absolute atomic E-state index is 0.0960. The van der Waals surface area contributed by atoms with Crippen LogP contribution in [0.15, 0.2) is 41.3 Å². The van der Waals surface area contributed by atoms with Gasteiger partial charge in [0.2, 0.25) is 10.0 Å². The van der Waals surface area contributed by atoms with Crippen molar-refractivity contribution in [1.29, 1.82) is 0 Å². The quantitative estimate of drug-likeness (QED) is 0.942. The second kappa shape index (κ2) is 5.53. The van der Waals surface area contributed by atoms with Gasteiger partial charge in [-0.2, -0.15) is 13.2 Å². The van der Waals surface area contributed by atoms with E-state index in [-0.39, 0.29) is 10.6 Å². The van der Waals surface area contributed by atoms with Gasteiger partial charge < -0.3 is 4.74 Å². The first-order valence-corrected chi connectivity index (χ1v) is 7.47. The first-order valence-electron chi connectivity index (χ1n) is 5.92. The number of nitrogens with two attached hydrogens (primary N) is 1. The highest BCUT2D eigenvalue weighted by Gasteiger charge is 2.27. The number of alkyl halides is 3. The smallest absolute Gasteiger partial charge is 0.392 e. The van der Waals surface area contributed by atoms with Crippen molar-refractivity contribution in [1.82, 2.24) is 0 Å². The van der Waals surface area contributed by atoms with E-state index >= 15 is 0 Å². The lowest BCUT2D eigenvalue weighted by Crippen LogP contribution is -2.14. The molecule has 114 valence electrons. The second-order valence-corrected chi connectivity index (χ2v) is 5.90. The van der Waals surface area contributed by atoms with Crippen molar-refractivity contribution in [3.05, 3.63) is 36.4 Å². The van der Waals surface area contributed by atoms with Gasteiger partial charge in [0.25, 0.3) is 0 Å². The van der Waals surface area contributed by atoms with Gasteiger partial charge in [0.15, 0.2) is 0 Å². The number of primary sulfonamides is 1. The zero-order valence-corrected chi connectivity index (χ0v) is 11.5. The lowest BCUT2D eigenvalue weighted by atomic mass is 10.1. The predicted molar refractivity (Wildman–Crippen MR) is 71.5 cm³/mol. The van der Waals surface area contributed by atoms with Crippen LogP contribution in [-0.2, 0) is 10.0 Å². The van der Waals surface area contributed by atoms with Crippen LogP contribution in [0.4, 0.5) is 13.2 Å². The summed E-state index contributed by atoms with van der Waals surface area (Å²) in [5, 5.41) is 5.82. The van der Waals surface area contributed by atoms with Crippen molar-refractivity contribution in [2.75, 3.05) is 6.61 Å². The molecule has 0 atom stereocenters. The normalized spacial score (nSPS) is 12.6. The Morgan fingerprint density at radius 2 is 1.67 bits per heavy atom. The molecule has 0 heterocycles. The first-order chi connectivity index (χ1) is 9.68. The molecule has 21 heavy (non-hydrogen) atoms. The van der Waals surface area contributed by atoms with Gasteiger partial charge in [-0.1, -0.05) is 24.3 Å². The summed E-state index contributed by atoms with van der Waals surface area (Å²) < 4.78 is 64.4. The summed E-state index contributed by atoms with van der Waals surface area (Å²) in [6.07, 6.45) is -5.39. The Balaban J connectivity index is 2.39. The van der Waals surface area contributed by atoms with Crippen molar-refractivity contribution in [3.63, 3.8) is 0 Å². The Labute approximate surface area is 119 Å². The number of fused-ring (bicyclic) bond motifs is 1. The Bertz CT molecular complexity index is 757. The van der Waals surface area contributed by atoms with Gasteiger partial charge in [0.05, 0.1) is 17.9 Å². The average molecular weight is 319 g/mol. The van der Waals surface area contributed by atoms with Crippen molar-refractivity contribution in [2.45, 2.75) is 17.5 Å². The standard InChI is InChI=1S/C13H12F3NO3S/c14-13(15,16)7-8-20-11-5-6-12(21(17,18)19)10-4-2-1-3-9(10)11/h1-6H,7-8H2,(H2,17,18,19). The number of rotatable bonds is 4. The third kappa shape index (κ3) is 3.85. The van der Waals surface area contributed by atoms with Crippen LogP contribution in [0.5, 0.6) is 5.75 Å². The number of benzene rings is 2. The van der Waals surface area contributed by atoms with Crippen LogP contribution in [-0.4, -0.2) is 21.2 Å². The molecule has 2 aromatic carbocycles. The highest BCUT2D eigenvalue weighted by atomic mass is 32.2. The van der Waals surface area contributed by atoms with Crippen molar-refractivity contribution < 1.29 is 26.3 Å². The Morgan fingerprint density at radius 3 is 2.24 bits per heavy atom. The molecule has 0 saturated carbocycles. The van der Waals surface area contributed by atoms with Crippen LogP contribution in [0.2, 0.25) is 0 Å². The Morgan fingerprint density at radius 1 is 1.05 bits per heavy atom. The fourth-order valence-electron chi connectivity index (χ4n) is 1.89. The van der Waals surface area contributed by atoms with Gasteiger partial charge in [-0.25, -0.2) is 13.6 Å². The molecular formula is C13H12F3NO3S. The number of halogens is 3. The molecule has 4 nitrogen and oxygen atoms in total. The molecule has 0 aliphatic carbocycles. The van der Waals surface area contributed by atoms with Gasteiger partial charge in [-0.05, 0) is 12.1 Å². The maximum absolute atomic E-state index is 12.1.